The van der Waals surface area contributed by atoms with Crippen LogP contribution in [-0.4, -0.2) is 13.2 Å². The lowest BCUT2D eigenvalue weighted by molar-refractivity contribution is 0.0888. The third-order valence-corrected chi connectivity index (χ3v) is 4.34. The van der Waals surface area contributed by atoms with Crippen LogP contribution in [0.2, 0.25) is 0 Å². The van der Waals surface area contributed by atoms with Crippen molar-refractivity contribution in [1.82, 2.24) is 0 Å². The molecular formula is C17H27NO2. The summed E-state index contributed by atoms with van der Waals surface area (Å²) in [6, 6.07) is 5.85. The smallest absolute Gasteiger partial charge is 0.128 e. The van der Waals surface area contributed by atoms with Crippen LogP contribution in [0, 0.1) is 5.92 Å². The van der Waals surface area contributed by atoms with Crippen molar-refractivity contribution >= 4 is 0 Å². The number of ether oxygens (including phenoxy) is 2. The lowest BCUT2D eigenvalue weighted by Gasteiger charge is -2.32. The van der Waals surface area contributed by atoms with Gasteiger partial charge in [0, 0.05) is 6.04 Å². The predicted molar refractivity (Wildman–Crippen MR) is 82.3 cm³/mol. The van der Waals surface area contributed by atoms with Gasteiger partial charge in [-0.2, -0.15) is 0 Å². The lowest BCUT2D eigenvalue weighted by atomic mass is 9.84. The van der Waals surface area contributed by atoms with Gasteiger partial charge in [-0.3, -0.25) is 0 Å². The molecule has 0 heterocycles. The Labute approximate surface area is 122 Å². The Kier molecular flexibility index (Phi) is 5.30. The zero-order valence-corrected chi connectivity index (χ0v) is 12.9. The van der Waals surface area contributed by atoms with E-state index in [4.69, 9.17) is 15.2 Å². The van der Waals surface area contributed by atoms with E-state index in [2.05, 4.69) is 6.92 Å². The zero-order chi connectivity index (χ0) is 14.5. The van der Waals surface area contributed by atoms with Crippen LogP contribution in [0.3, 0.4) is 0 Å². The van der Waals surface area contributed by atoms with E-state index in [-0.39, 0.29) is 6.04 Å². The first kappa shape index (κ1) is 15.2. The van der Waals surface area contributed by atoms with E-state index in [1.165, 1.54) is 25.7 Å². The van der Waals surface area contributed by atoms with Crippen LogP contribution < -0.4 is 15.2 Å². The Morgan fingerprint density at radius 1 is 1.25 bits per heavy atom. The largest absolute Gasteiger partial charge is 0.496 e. The van der Waals surface area contributed by atoms with Crippen molar-refractivity contribution in [3.8, 4) is 11.5 Å². The molecule has 1 aliphatic carbocycles. The van der Waals surface area contributed by atoms with E-state index in [1.54, 1.807) is 7.11 Å². The maximum Gasteiger partial charge on any atom is 0.128 e. The second-order valence-electron chi connectivity index (χ2n) is 5.77. The standard InChI is InChI=1S/C17H27NO2/c1-4-13-8-5-6-9-14(13)20-16-11-7-10-15(19-3)17(16)12(2)18/h7,10-14H,4-6,8-9,18H2,1-3H3. The monoisotopic (exact) mass is 277 g/mol. The van der Waals surface area contributed by atoms with Gasteiger partial charge < -0.3 is 15.2 Å². The minimum Gasteiger partial charge on any atom is -0.496 e. The third-order valence-electron chi connectivity index (χ3n) is 4.34. The first-order chi connectivity index (χ1) is 9.67. The molecule has 0 spiro atoms. The van der Waals surface area contributed by atoms with Crippen molar-refractivity contribution < 1.29 is 9.47 Å². The van der Waals surface area contributed by atoms with Crippen molar-refractivity contribution in [3.63, 3.8) is 0 Å². The summed E-state index contributed by atoms with van der Waals surface area (Å²) < 4.78 is 11.8. The average molecular weight is 277 g/mol. The van der Waals surface area contributed by atoms with E-state index in [0.717, 1.165) is 23.5 Å². The van der Waals surface area contributed by atoms with Gasteiger partial charge in [-0.15, -0.1) is 0 Å². The molecule has 3 nitrogen and oxygen atoms in total. The summed E-state index contributed by atoms with van der Waals surface area (Å²) in [6.45, 7) is 4.23. The van der Waals surface area contributed by atoms with Crippen molar-refractivity contribution in [2.45, 2.75) is 58.1 Å². The molecule has 1 aromatic rings. The molecular weight excluding hydrogens is 250 g/mol. The highest BCUT2D eigenvalue weighted by Crippen LogP contribution is 2.36. The summed E-state index contributed by atoms with van der Waals surface area (Å²) >= 11 is 0. The Morgan fingerprint density at radius 2 is 1.95 bits per heavy atom. The van der Waals surface area contributed by atoms with E-state index in [0.29, 0.717) is 12.0 Å². The molecule has 2 rings (SSSR count). The molecule has 3 heteroatoms. The Morgan fingerprint density at radius 3 is 2.60 bits per heavy atom. The molecule has 0 aromatic heterocycles. The minimum atomic E-state index is -0.0928. The molecule has 1 saturated carbocycles. The zero-order valence-electron chi connectivity index (χ0n) is 12.9. The number of nitrogens with two attached hydrogens (primary N) is 1. The molecule has 1 fully saturated rings. The number of hydrogen-bond acceptors (Lipinski definition) is 3. The van der Waals surface area contributed by atoms with Crippen LogP contribution in [0.5, 0.6) is 11.5 Å². The number of rotatable bonds is 5. The van der Waals surface area contributed by atoms with Gasteiger partial charge in [0.05, 0.1) is 12.7 Å². The van der Waals surface area contributed by atoms with Crippen LogP contribution in [0.1, 0.15) is 57.6 Å². The van der Waals surface area contributed by atoms with Crippen LogP contribution in [0.25, 0.3) is 0 Å². The van der Waals surface area contributed by atoms with Crippen molar-refractivity contribution in [1.29, 1.82) is 0 Å². The summed E-state index contributed by atoms with van der Waals surface area (Å²) in [5, 5.41) is 0. The molecule has 0 amide bonds. The molecule has 1 aromatic carbocycles. The van der Waals surface area contributed by atoms with Crippen LogP contribution in [0.15, 0.2) is 18.2 Å². The summed E-state index contributed by atoms with van der Waals surface area (Å²) in [7, 11) is 1.68. The van der Waals surface area contributed by atoms with E-state index < -0.39 is 0 Å². The number of hydrogen-bond donors (Lipinski definition) is 1. The molecule has 3 atom stereocenters. The first-order valence-electron chi connectivity index (χ1n) is 7.76. The quantitative estimate of drug-likeness (QED) is 0.882. The molecule has 3 unspecified atom stereocenters. The highest BCUT2D eigenvalue weighted by atomic mass is 16.5. The highest BCUT2D eigenvalue weighted by Gasteiger charge is 2.26. The Balaban J connectivity index is 2.23. The van der Waals surface area contributed by atoms with Gasteiger partial charge in [-0.25, -0.2) is 0 Å². The van der Waals surface area contributed by atoms with E-state index >= 15 is 0 Å². The van der Waals surface area contributed by atoms with Gasteiger partial charge in [-0.1, -0.05) is 19.4 Å². The van der Waals surface area contributed by atoms with E-state index in [1.807, 2.05) is 25.1 Å². The molecule has 1 aliphatic rings. The molecule has 0 saturated heterocycles. The SMILES string of the molecule is CCC1CCCCC1Oc1cccc(OC)c1C(C)N. The maximum atomic E-state index is 6.33. The van der Waals surface area contributed by atoms with Crippen molar-refractivity contribution in [2.24, 2.45) is 11.7 Å². The molecule has 2 N–H and O–H groups in total. The van der Waals surface area contributed by atoms with Crippen molar-refractivity contribution in [3.05, 3.63) is 23.8 Å². The van der Waals surface area contributed by atoms with Gasteiger partial charge in [-0.05, 0) is 50.7 Å². The van der Waals surface area contributed by atoms with Gasteiger partial charge in [0.25, 0.3) is 0 Å². The van der Waals surface area contributed by atoms with Crippen LogP contribution in [-0.2, 0) is 0 Å². The lowest BCUT2D eigenvalue weighted by Crippen LogP contribution is -2.30. The minimum absolute atomic E-state index is 0.0928. The fourth-order valence-electron chi connectivity index (χ4n) is 3.21. The molecule has 20 heavy (non-hydrogen) atoms. The fourth-order valence-corrected chi connectivity index (χ4v) is 3.21. The predicted octanol–water partition coefficient (Wildman–Crippen LogP) is 4.06. The van der Waals surface area contributed by atoms with Gasteiger partial charge in [0.1, 0.15) is 17.6 Å². The fraction of sp³-hybridized carbons (Fsp3) is 0.647. The first-order valence-corrected chi connectivity index (χ1v) is 7.76. The Bertz CT molecular complexity index is 431. The van der Waals surface area contributed by atoms with Crippen LogP contribution >= 0.6 is 0 Å². The Hall–Kier alpha value is -1.22. The highest BCUT2D eigenvalue weighted by molar-refractivity contribution is 5.46. The van der Waals surface area contributed by atoms with Crippen LogP contribution in [0.4, 0.5) is 0 Å². The van der Waals surface area contributed by atoms with Crippen molar-refractivity contribution in [2.75, 3.05) is 7.11 Å². The van der Waals surface area contributed by atoms with Gasteiger partial charge in [0.15, 0.2) is 0 Å². The molecule has 0 radical (unpaired) electrons. The number of benzene rings is 1. The number of methoxy groups -OCH3 is 1. The maximum absolute atomic E-state index is 6.33. The second kappa shape index (κ2) is 6.98. The average Bonchev–Trinajstić information content (AvgIpc) is 2.47. The summed E-state index contributed by atoms with van der Waals surface area (Å²) in [6.07, 6.45) is 6.52. The second-order valence-corrected chi connectivity index (χ2v) is 5.77. The van der Waals surface area contributed by atoms with E-state index in [9.17, 15) is 0 Å². The third kappa shape index (κ3) is 3.26. The topological polar surface area (TPSA) is 44.5 Å². The summed E-state index contributed by atoms with van der Waals surface area (Å²) in [5.74, 6) is 2.38. The summed E-state index contributed by atoms with van der Waals surface area (Å²) in [4.78, 5) is 0. The van der Waals surface area contributed by atoms with Gasteiger partial charge >= 0.3 is 0 Å². The molecule has 0 aliphatic heterocycles. The van der Waals surface area contributed by atoms with Gasteiger partial charge in [0.2, 0.25) is 0 Å². The summed E-state index contributed by atoms with van der Waals surface area (Å²) in [5.41, 5.74) is 7.09. The normalized spacial score (nSPS) is 24.2. The molecule has 0 bridgehead atoms. The molecule has 112 valence electrons.